The van der Waals surface area contributed by atoms with E-state index in [2.05, 4.69) is 10.1 Å². The van der Waals surface area contributed by atoms with Crippen LogP contribution in [0.2, 0.25) is 5.02 Å². The van der Waals surface area contributed by atoms with E-state index in [4.69, 9.17) is 16.3 Å². The van der Waals surface area contributed by atoms with Gasteiger partial charge in [-0.1, -0.05) is 29.8 Å². The molecular weight excluding hydrogens is 443 g/mol. The number of para-hydroxylation sites is 1. The molecule has 3 aromatic carbocycles. The summed E-state index contributed by atoms with van der Waals surface area (Å²) in [6.07, 6.45) is -3.45. The van der Waals surface area contributed by atoms with E-state index in [0.717, 1.165) is 23.0 Å². The largest absolute Gasteiger partial charge is 0.497 e. The van der Waals surface area contributed by atoms with Gasteiger partial charge >= 0.3 is 6.18 Å². The van der Waals surface area contributed by atoms with Crippen molar-refractivity contribution in [3.05, 3.63) is 93.2 Å². The van der Waals surface area contributed by atoms with E-state index in [0.29, 0.717) is 22.2 Å². The van der Waals surface area contributed by atoms with Crippen LogP contribution in [0.15, 0.2) is 76.6 Å². The molecule has 32 heavy (non-hydrogen) atoms. The molecule has 0 aliphatic rings. The van der Waals surface area contributed by atoms with Crippen LogP contribution in [0.4, 0.5) is 13.2 Å². The van der Waals surface area contributed by atoms with Crippen molar-refractivity contribution in [3.8, 4) is 17.1 Å². The maximum absolute atomic E-state index is 13.2. The Morgan fingerprint density at radius 3 is 2.47 bits per heavy atom. The molecule has 0 saturated heterocycles. The molecule has 9 heteroatoms. The van der Waals surface area contributed by atoms with E-state index in [9.17, 15) is 18.0 Å². The van der Waals surface area contributed by atoms with Crippen LogP contribution in [0.5, 0.6) is 5.75 Å². The van der Waals surface area contributed by atoms with Gasteiger partial charge in [0.05, 0.1) is 34.8 Å². The molecule has 0 saturated carbocycles. The molecule has 0 spiro atoms. The number of hydrogen-bond donors (Lipinski definition) is 0. The Morgan fingerprint density at radius 2 is 1.78 bits per heavy atom. The van der Waals surface area contributed by atoms with Crippen LogP contribution < -0.4 is 10.3 Å². The van der Waals surface area contributed by atoms with Gasteiger partial charge < -0.3 is 4.74 Å². The van der Waals surface area contributed by atoms with Gasteiger partial charge in [-0.15, -0.1) is 0 Å². The van der Waals surface area contributed by atoms with E-state index < -0.39 is 22.3 Å². The lowest BCUT2D eigenvalue weighted by molar-refractivity contribution is -0.137. The summed E-state index contributed by atoms with van der Waals surface area (Å²) in [4.78, 5) is 17.7. The quantitative estimate of drug-likeness (QED) is 0.373. The van der Waals surface area contributed by atoms with Gasteiger partial charge in [-0.2, -0.15) is 22.9 Å². The standard InChI is InChI=1S/C23H15ClF3N3O2/c1-32-16-9-7-15(8-10-16)21-29-20-5-3-2-4-17(20)22(31)30(21)28-13-14-6-11-19(24)18(12-14)23(25,26)27/h2-13H,1H3. The van der Waals surface area contributed by atoms with E-state index >= 15 is 0 Å². The summed E-state index contributed by atoms with van der Waals surface area (Å²) in [7, 11) is 1.53. The molecule has 0 amide bonds. The molecule has 5 nitrogen and oxygen atoms in total. The third kappa shape index (κ3) is 4.22. The molecule has 4 rings (SSSR count). The Kier molecular flexibility index (Phi) is 5.71. The molecule has 0 N–H and O–H groups in total. The fourth-order valence-electron chi connectivity index (χ4n) is 3.12. The first-order chi connectivity index (χ1) is 15.3. The van der Waals surface area contributed by atoms with Crippen molar-refractivity contribution in [1.82, 2.24) is 9.66 Å². The Labute approximate surface area is 185 Å². The second kappa shape index (κ2) is 8.47. The number of fused-ring (bicyclic) bond motifs is 1. The van der Waals surface area contributed by atoms with Crippen LogP contribution in [-0.2, 0) is 6.18 Å². The normalized spacial score (nSPS) is 11.9. The number of aromatic nitrogens is 2. The predicted octanol–water partition coefficient (Wildman–Crippen LogP) is 5.63. The van der Waals surface area contributed by atoms with Gasteiger partial charge in [-0.05, 0) is 54.1 Å². The molecule has 0 fully saturated rings. The summed E-state index contributed by atoms with van der Waals surface area (Å²) in [5, 5.41) is 4.08. The third-order valence-electron chi connectivity index (χ3n) is 4.72. The highest BCUT2D eigenvalue weighted by molar-refractivity contribution is 6.31. The van der Waals surface area contributed by atoms with E-state index in [1.165, 1.54) is 13.2 Å². The Hall–Kier alpha value is -3.65. The van der Waals surface area contributed by atoms with Gasteiger partial charge in [0, 0.05) is 5.56 Å². The van der Waals surface area contributed by atoms with Gasteiger partial charge in [-0.25, -0.2) is 4.98 Å². The topological polar surface area (TPSA) is 56.5 Å². The average Bonchev–Trinajstić information content (AvgIpc) is 2.78. The SMILES string of the molecule is COc1ccc(-c2nc3ccccc3c(=O)n2N=Cc2ccc(Cl)c(C(F)(F)F)c2)cc1. The zero-order valence-corrected chi connectivity index (χ0v) is 17.4. The predicted molar refractivity (Wildman–Crippen MR) is 117 cm³/mol. The molecule has 1 aromatic heterocycles. The van der Waals surface area contributed by atoms with E-state index in [-0.39, 0.29) is 11.4 Å². The van der Waals surface area contributed by atoms with E-state index in [1.807, 2.05) is 0 Å². The average molecular weight is 458 g/mol. The third-order valence-corrected chi connectivity index (χ3v) is 5.05. The molecule has 162 valence electrons. The first-order valence-corrected chi connectivity index (χ1v) is 9.73. The number of alkyl halides is 3. The molecular formula is C23H15ClF3N3O2. The van der Waals surface area contributed by atoms with Crippen LogP contribution in [0, 0.1) is 0 Å². The number of hydrogen-bond acceptors (Lipinski definition) is 4. The molecule has 0 radical (unpaired) electrons. The van der Waals surface area contributed by atoms with Crippen molar-refractivity contribution in [2.75, 3.05) is 7.11 Å². The summed E-state index contributed by atoms with van der Waals surface area (Å²) in [5.41, 5.74) is -0.258. The maximum atomic E-state index is 13.2. The van der Waals surface area contributed by atoms with Crippen molar-refractivity contribution < 1.29 is 17.9 Å². The second-order valence-corrected chi connectivity index (χ2v) is 7.19. The molecule has 0 bridgehead atoms. The Morgan fingerprint density at radius 1 is 1.06 bits per heavy atom. The summed E-state index contributed by atoms with van der Waals surface area (Å²) >= 11 is 5.68. The lowest BCUT2D eigenvalue weighted by atomic mass is 10.1. The van der Waals surface area contributed by atoms with Crippen LogP contribution in [0.25, 0.3) is 22.3 Å². The fourth-order valence-corrected chi connectivity index (χ4v) is 3.35. The minimum absolute atomic E-state index is 0.127. The first-order valence-electron chi connectivity index (χ1n) is 9.35. The summed E-state index contributed by atoms with van der Waals surface area (Å²) in [6, 6.07) is 17.0. The molecule has 1 heterocycles. The number of rotatable bonds is 4. The summed E-state index contributed by atoms with van der Waals surface area (Å²) < 4.78 is 45.7. The summed E-state index contributed by atoms with van der Waals surface area (Å²) in [5.74, 6) is 0.852. The number of ether oxygens (including phenoxy) is 1. The fraction of sp³-hybridized carbons (Fsp3) is 0.0870. The maximum Gasteiger partial charge on any atom is 0.417 e. The lowest BCUT2D eigenvalue weighted by Gasteiger charge is -2.11. The van der Waals surface area contributed by atoms with Gasteiger partial charge in [-0.3, -0.25) is 4.79 Å². The molecule has 4 aromatic rings. The molecule has 0 atom stereocenters. The van der Waals surface area contributed by atoms with Crippen LogP contribution >= 0.6 is 11.6 Å². The van der Waals surface area contributed by atoms with Crippen molar-refractivity contribution in [1.29, 1.82) is 0 Å². The lowest BCUT2D eigenvalue weighted by Crippen LogP contribution is -2.20. The van der Waals surface area contributed by atoms with Gasteiger partial charge in [0.25, 0.3) is 5.56 Å². The van der Waals surface area contributed by atoms with Gasteiger partial charge in [0.15, 0.2) is 5.82 Å². The van der Waals surface area contributed by atoms with Crippen LogP contribution in [-0.4, -0.2) is 23.0 Å². The summed E-state index contributed by atoms with van der Waals surface area (Å²) in [6.45, 7) is 0. The first kappa shape index (κ1) is 21.6. The Balaban J connectivity index is 1.88. The molecule has 0 aliphatic heterocycles. The van der Waals surface area contributed by atoms with Crippen molar-refractivity contribution in [2.45, 2.75) is 6.18 Å². The van der Waals surface area contributed by atoms with E-state index in [1.54, 1.807) is 48.5 Å². The molecule has 0 aliphatic carbocycles. The highest BCUT2D eigenvalue weighted by Gasteiger charge is 2.33. The Bertz CT molecular complexity index is 1380. The van der Waals surface area contributed by atoms with Gasteiger partial charge in [0.2, 0.25) is 0 Å². The monoisotopic (exact) mass is 457 g/mol. The zero-order chi connectivity index (χ0) is 22.9. The van der Waals surface area contributed by atoms with Crippen molar-refractivity contribution in [3.63, 3.8) is 0 Å². The van der Waals surface area contributed by atoms with Crippen molar-refractivity contribution in [2.24, 2.45) is 5.10 Å². The minimum atomic E-state index is -4.61. The van der Waals surface area contributed by atoms with Crippen molar-refractivity contribution >= 4 is 28.7 Å². The number of halogens is 4. The number of methoxy groups -OCH3 is 1. The van der Waals surface area contributed by atoms with Crippen LogP contribution in [0.1, 0.15) is 11.1 Å². The van der Waals surface area contributed by atoms with Crippen LogP contribution in [0.3, 0.4) is 0 Å². The number of nitrogens with zero attached hydrogens (tertiary/aromatic N) is 3. The van der Waals surface area contributed by atoms with Gasteiger partial charge in [0.1, 0.15) is 5.75 Å². The highest BCUT2D eigenvalue weighted by Crippen LogP contribution is 2.35. The molecule has 0 unspecified atom stereocenters. The zero-order valence-electron chi connectivity index (χ0n) is 16.6. The number of benzene rings is 3. The highest BCUT2D eigenvalue weighted by atomic mass is 35.5. The smallest absolute Gasteiger partial charge is 0.417 e. The minimum Gasteiger partial charge on any atom is -0.497 e. The second-order valence-electron chi connectivity index (χ2n) is 6.78.